The molecule has 0 aromatic carbocycles. The zero-order valence-electron chi connectivity index (χ0n) is 19.9. The molecular weight excluding hydrogens is 392 g/mol. The number of rotatable bonds is 13. The first-order valence-electron chi connectivity index (χ1n) is 10.2. The van der Waals surface area contributed by atoms with Crippen LogP contribution in [0.2, 0.25) is 0 Å². The van der Waals surface area contributed by atoms with Gasteiger partial charge in [0, 0.05) is 6.42 Å². The lowest BCUT2D eigenvalue weighted by atomic mass is 9.83. The van der Waals surface area contributed by atoms with Gasteiger partial charge in [-0.05, 0) is 59.8 Å². The first kappa shape index (κ1) is 28.5. The van der Waals surface area contributed by atoms with Crippen LogP contribution < -0.4 is 0 Å². The van der Waals surface area contributed by atoms with Gasteiger partial charge in [-0.2, -0.15) is 0 Å². The molecule has 0 heterocycles. The van der Waals surface area contributed by atoms with Crippen LogP contribution in [0.15, 0.2) is 0 Å². The fraction of sp³-hybridized carbons (Fsp3) is 0.864. The zero-order chi connectivity index (χ0) is 24.2. The number of carboxylic acid groups (broad SMARTS) is 2. The Morgan fingerprint density at radius 1 is 0.800 bits per heavy atom. The number of carbonyl (C=O) groups excluding carboxylic acids is 1. The molecule has 3 N–H and O–H groups in total. The molecule has 0 aliphatic heterocycles. The Bertz CT molecular complexity index is 628. The van der Waals surface area contributed by atoms with Crippen molar-refractivity contribution in [2.45, 2.75) is 110 Å². The number of Topliss-reactive ketones (excluding diaryl/α,β-unsaturated/α-hetero) is 1. The molecule has 0 fully saturated rings. The number of hydrogen-bond acceptors (Lipinski definition) is 6. The summed E-state index contributed by atoms with van der Waals surface area (Å²) in [7, 11) is 0. The molecule has 0 rings (SSSR count). The smallest absolute Gasteiger partial charge is 0.336 e. The predicted octanol–water partition coefficient (Wildman–Crippen LogP) is 3.43. The van der Waals surface area contributed by atoms with Crippen LogP contribution in [0.3, 0.4) is 0 Å². The maximum absolute atomic E-state index is 12.5. The third-order valence-corrected chi connectivity index (χ3v) is 4.64. The first-order chi connectivity index (χ1) is 13.1. The summed E-state index contributed by atoms with van der Waals surface area (Å²) in [6, 6.07) is 0. The lowest BCUT2D eigenvalue weighted by Gasteiger charge is -2.40. The normalized spacial score (nSPS) is 15.5. The predicted molar refractivity (Wildman–Crippen MR) is 112 cm³/mol. The van der Waals surface area contributed by atoms with E-state index in [1.807, 2.05) is 27.7 Å². The van der Waals surface area contributed by atoms with E-state index in [-0.39, 0.29) is 17.6 Å². The van der Waals surface area contributed by atoms with Gasteiger partial charge in [-0.25, -0.2) is 4.79 Å². The van der Waals surface area contributed by atoms with Gasteiger partial charge in [-0.1, -0.05) is 20.8 Å². The van der Waals surface area contributed by atoms with Crippen molar-refractivity contribution in [3.8, 4) is 0 Å². The summed E-state index contributed by atoms with van der Waals surface area (Å²) in [5.74, 6) is -3.96. The summed E-state index contributed by atoms with van der Waals surface area (Å²) >= 11 is 0. The van der Waals surface area contributed by atoms with Crippen molar-refractivity contribution >= 4 is 17.7 Å². The summed E-state index contributed by atoms with van der Waals surface area (Å²) in [4.78, 5) is 34.7. The molecule has 176 valence electrons. The Hall–Kier alpha value is -1.51. The molecule has 8 heteroatoms. The summed E-state index contributed by atoms with van der Waals surface area (Å²) < 4.78 is 12.0. The summed E-state index contributed by atoms with van der Waals surface area (Å²) in [5.41, 5.74) is -4.86. The maximum Gasteiger partial charge on any atom is 0.336 e. The number of aliphatic hydroxyl groups is 1. The minimum absolute atomic E-state index is 0.0986. The highest BCUT2D eigenvalue weighted by Crippen LogP contribution is 2.34. The van der Waals surface area contributed by atoms with Crippen LogP contribution in [-0.4, -0.2) is 62.1 Å². The average molecular weight is 433 g/mol. The standard InChI is InChI=1S/C22H40O8/c1-18(2,3)14-20(6,7)30-19(4,5)10-11-29-21(8,9)15(23)12-22(28,17(26)27)13-16(24)25/h28H,10-14H2,1-9H3,(H,24,25)(H,26,27). The first-order valence-corrected chi connectivity index (χ1v) is 10.2. The average Bonchev–Trinajstić information content (AvgIpc) is 2.40. The maximum atomic E-state index is 12.5. The topological polar surface area (TPSA) is 130 Å². The van der Waals surface area contributed by atoms with Crippen molar-refractivity contribution in [1.82, 2.24) is 0 Å². The van der Waals surface area contributed by atoms with Gasteiger partial charge in [-0.3, -0.25) is 9.59 Å². The molecule has 0 aliphatic rings. The Morgan fingerprint density at radius 3 is 1.70 bits per heavy atom. The lowest BCUT2D eigenvalue weighted by molar-refractivity contribution is -0.172. The lowest BCUT2D eigenvalue weighted by Crippen LogP contribution is -2.48. The van der Waals surface area contributed by atoms with E-state index in [2.05, 4.69) is 20.8 Å². The monoisotopic (exact) mass is 432 g/mol. The number of aliphatic carboxylic acids is 2. The quantitative estimate of drug-likeness (QED) is 0.403. The molecule has 30 heavy (non-hydrogen) atoms. The highest BCUT2D eigenvalue weighted by Gasteiger charge is 2.44. The molecule has 0 radical (unpaired) electrons. The Kier molecular flexibility index (Phi) is 9.26. The SMILES string of the molecule is CC(C)(C)CC(C)(C)OC(C)(C)CCOC(C)(C)C(=O)CC(O)(CC(=O)O)C(=O)O. The Labute approximate surface area is 179 Å². The van der Waals surface area contributed by atoms with Crippen LogP contribution >= 0.6 is 0 Å². The van der Waals surface area contributed by atoms with E-state index in [1.165, 1.54) is 13.8 Å². The fourth-order valence-electron chi connectivity index (χ4n) is 3.69. The number of carboxylic acids is 2. The van der Waals surface area contributed by atoms with Gasteiger partial charge in [0.25, 0.3) is 0 Å². The van der Waals surface area contributed by atoms with E-state index in [0.29, 0.717) is 6.42 Å². The second-order valence-corrected chi connectivity index (χ2v) is 11.0. The minimum atomic E-state index is -2.68. The van der Waals surface area contributed by atoms with Crippen molar-refractivity contribution in [3.63, 3.8) is 0 Å². The highest BCUT2D eigenvalue weighted by atomic mass is 16.5. The van der Waals surface area contributed by atoms with Crippen molar-refractivity contribution < 1.29 is 39.2 Å². The molecule has 8 nitrogen and oxygen atoms in total. The van der Waals surface area contributed by atoms with E-state index >= 15 is 0 Å². The van der Waals surface area contributed by atoms with Crippen molar-refractivity contribution in [1.29, 1.82) is 0 Å². The van der Waals surface area contributed by atoms with Gasteiger partial charge in [-0.15, -0.1) is 0 Å². The van der Waals surface area contributed by atoms with E-state index in [9.17, 15) is 19.5 Å². The Morgan fingerprint density at radius 2 is 1.30 bits per heavy atom. The van der Waals surface area contributed by atoms with Crippen LogP contribution in [0.4, 0.5) is 0 Å². The van der Waals surface area contributed by atoms with Crippen LogP contribution in [0.25, 0.3) is 0 Å². The number of carbonyl (C=O) groups is 3. The van der Waals surface area contributed by atoms with Crippen molar-refractivity contribution in [2.75, 3.05) is 6.61 Å². The molecule has 0 amide bonds. The Balaban J connectivity index is 4.96. The zero-order valence-corrected chi connectivity index (χ0v) is 19.9. The number of hydrogen-bond donors (Lipinski definition) is 3. The number of ketones is 1. The van der Waals surface area contributed by atoms with E-state index in [4.69, 9.17) is 19.7 Å². The van der Waals surface area contributed by atoms with Gasteiger partial charge >= 0.3 is 11.9 Å². The van der Waals surface area contributed by atoms with Crippen molar-refractivity contribution in [2.24, 2.45) is 5.41 Å². The van der Waals surface area contributed by atoms with Crippen LogP contribution in [0.5, 0.6) is 0 Å². The summed E-state index contributed by atoms with van der Waals surface area (Å²) in [6.07, 6.45) is -0.602. The third-order valence-electron chi connectivity index (χ3n) is 4.64. The summed E-state index contributed by atoms with van der Waals surface area (Å²) in [5, 5.41) is 28.1. The van der Waals surface area contributed by atoms with Gasteiger partial charge in [0.15, 0.2) is 11.4 Å². The summed E-state index contributed by atoms with van der Waals surface area (Å²) in [6.45, 7) is 17.5. The van der Waals surface area contributed by atoms with Crippen LogP contribution in [-0.2, 0) is 23.9 Å². The van der Waals surface area contributed by atoms with E-state index in [0.717, 1.165) is 6.42 Å². The second kappa shape index (κ2) is 9.75. The molecular formula is C22H40O8. The third kappa shape index (κ3) is 10.5. The van der Waals surface area contributed by atoms with Crippen LogP contribution in [0.1, 0.15) is 88.0 Å². The molecule has 1 unspecified atom stereocenters. The molecule has 1 atom stereocenters. The molecule has 0 saturated carbocycles. The van der Waals surface area contributed by atoms with Crippen molar-refractivity contribution in [3.05, 3.63) is 0 Å². The van der Waals surface area contributed by atoms with Gasteiger partial charge in [0.1, 0.15) is 5.60 Å². The van der Waals surface area contributed by atoms with E-state index < -0.39 is 47.4 Å². The van der Waals surface area contributed by atoms with Gasteiger partial charge in [0.2, 0.25) is 0 Å². The van der Waals surface area contributed by atoms with Crippen LogP contribution in [0, 0.1) is 5.41 Å². The van der Waals surface area contributed by atoms with Gasteiger partial charge in [0.05, 0.1) is 24.2 Å². The molecule has 0 aromatic heterocycles. The minimum Gasteiger partial charge on any atom is -0.481 e. The van der Waals surface area contributed by atoms with Gasteiger partial charge < -0.3 is 24.8 Å². The second-order valence-electron chi connectivity index (χ2n) is 11.0. The molecule has 0 aromatic rings. The largest absolute Gasteiger partial charge is 0.481 e. The number of ether oxygens (including phenoxy) is 2. The fourth-order valence-corrected chi connectivity index (χ4v) is 3.69. The highest BCUT2D eigenvalue weighted by molar-refractivity contribution is 5.94. The molecule has 0 aliphatic carbocycles. The molecule has 0 bridgehead atoms. The van der Waals surface area contributed by atoms with E-state index in [1.54, 1.807) is 0 Å². The molecule has 0 spiro atoms. The molecule has 0 saturated heterocycles.